The van der Waals surface area contributed by atoms with E-state index in [0.29, 0.717) is 12.3 Å². The van der Waals surface area contributed by atoms with Gasteiger partial charge in [-0.2, -0.15) is 5.26 Å². The van der Waals surface area contributed by atoms with Gasteiger partial charge in [-0.1, -0.05) is 30.3 Å². The van der Waals surface area contributed by atoms with Crippen LogP contribution in [-0.4, -0.2) is 32.3 Å². The third-order valence-corrected chi connectivity index (χ3v) is 4.32. The fourth-order valence-electron chi connectivity index (χ4n) is 3.00. The number of nitrogens with one attached hydrogen (secondary N) is 1. The predicted octanol–water partition coefficient (Wildman–Crippen LogP) is 3.05. The highest BCUT2D eigenvalue weighted by molar-refractivity contribution is 6.05. The monoisotopic (exact) mass is 336 g/mol. The Bertz CT molecular complexity index is 846. The van der Waals surface area contributed by atoms with Crippen LogP contribution in [0.4, 0.5) is 0 Å². The smallest absolute Gasteiger partial charge is 0.262 e. The van der Waals surface area contributed by atoms with E-state index >= 15 is 0 Å². The van der Waals surface area contributed by atoms with Gasteiger partial charge in [0.2, 0.25) is 0 Å². The summed E-state index contributed by atoms with van der Waals surface area (Å²) in [7, 11) is 1.57. The van der Waals surface area contributed by atoms with E-state index in [9.17, 15) is 10.1 Å². The van der Waals surface area contributed by atoms with Gasteiger partial charge in [0.25, 0.3) is 5.91 Å². The number of amides is 1. The Morgan fingerprint density at radius 3 is 2.96 bits per heavy atom. The number of carbonyl (C=O) groups is 1. The van der Waals surface area contributed by atoms with E-state index in [1.165, 1.54) is 0 Å². The van der Waals surface area contributed by atoms with Crippen LogP contribution < -0.4 is 10.1 Å². The van der Waals surface area contributed by atoms with Gasteiger partial charge >= 0.3 is 0 Å². The van der Waals surface area contributed by atoms with Gasteiger partial charge in [0.1, 0.15) is 17.4 Å². The van der Waals surface area contributed by atoms with Crippen molar-refractivity contribution in [3.05, 3.63) is 47.5 Å². The van der Waals surface area contributed by atoms with Crippen molar-refractivity contribution in [1.29, 1.82) is 5.26 Å². The molecule has 1 atom stereocenters. The van der Waals surface area contributed by atoms with Crippen LogP contribution in [0, 0.1) is 11.3 Å². The molecule has 1 saturated heterocycles. The molecule has 5 heteroatoms. The van der Waals surface area contributed by atoms with Crippen molar-refractivity contribution in [2.45, 2.75) is 18.9 Å². The molecule has 0 bridgehead atoms. The summed E-state index contributed by atoms with van der Waals surface area (Å²) in [4.78, 5) is 12.4. The molecular weight excluding hydrogens is 316 g/mol. The third-order valence-electron chi connectivity index (χ3n) is 4.32. The van der Waals surface area contributed by atoms with Gasteiger partial charge in [-0.25, -0.2) is 0 Å². The Labute approximate surface area is 146 Å². The molecule has 1 amide bonds. The summed E-state index contributed by atoms with van der Waals surface area (Å²) in [6.07, 6.45) is 3.57. The van der Waals surface area contributed by atoms with Gasteiger partial charge in [-0.3, -0.25) is 4.79 Å². The first-order chi connectivity index (χ1) is 12.2. The zero-order chi connectivity index (χ0) is 17.6. The SMILES string of the molecule is COc1ccc2ccccc2c1/C=C(\C#N)C(=O)NC[C@@H]1CCCO1. The molecule has 1 N–H and O–H groups in total. The molecule has 0 aliphatic carbocycles. The number of hydrogen-bond acceptors (Lipinski definition) is 4. The highest BCUT2D eigenvalue weighted by Gasteiger charge is 2.18. The molecule has 1 aliphatic heterocycles. The zero-order valence-corrected chi connectivity index (χ0v) is 14.1. The number of nitriles is 1. The standard InChI is InChI=1S/C20H20N2O3/c1-24-19-9-8-14-5-2-3-7-17(14)18(19)11-15(12-21)20(23)22-13-16-6-4-10-25-16/h2-3,5,7-9,11,16H,4,6,10,13H2,1H3,(H,22,23)/b15-11+/t16-/m0/s1. The summed E-state index contributed by atoms with van der Waals surface area (Å²) < 4.78 is 10.9. The Balaban J connectivity index is 1.89. The maximum Gasteiger partial charge on any atom is 0.262 e. The van der Waals surface area contributed by atoms with E-state index in [1.807, 2.05) is 42.5 Å². The molecule has 2 aromatic rings. The third kappa shape index (κ3) is 3.81. The van der Waals surface area contributed by atoms with Crippen molar-refractivity contribution >= 4 is 22.8 Å². The number of ether oxygens (including phenoxy) is 2. The fourth-order valence-corrected chi connectivity index (χ4v) is 3.00. The zero-order valence-electron chi connectivity index (χ0n) is 14.1. The molecule has 0 unspecified atom stereocenters. The number of rotatable bonds is 5. The van der Waals surface area contributed by atoms with E-state index in [2.05, 4.69) is 5.32 Å². The van der Waals surface area contributed by atoms with Crippen LogP contribution >= 0.6 is 0 Å². The van der Waals surface area contributed by atoms with Crippen LogP contribution in [0.2, 0.25) is 0 Å². The van der Waals surface area contributed by atoms with Crippen LogP contribution in [0.1, 0.15) is 18.4 Å². The van der Waals surface area contributed by atoms with Crippen molar-refractivity contribution in [1.82, 2.24) is 5.32 Å². The van der Waals surface area contributed by atoms with E-state index < -0.39 is 5.91 Å². The number of hydrogen-bond donors (Lipinski definition) is 1. The van der Waals surface area contributed by atoms with Crippen molar-refractivity contribution in [3.8, 4) is 11.8 Å². The number of carbonyl (C=O) groups excluding carboxylic acids is 1. The highest BCUT2D eigenvalue weighted by Crippen LogP contribution is 2.30. The van der Waals surface area contributed by atoms with Gasteiger partial charge in [0, 0.05) is 18.7 Å². The normalized spacial score (nSPS) is 17.3. The minimum absolute atomic E-state index is 0.0379. The van der Waals surface area contributed by atoms with Gasteiger partial charge < -0.3 is 14.8 Å². The maximum absolute atomic E-state index is 12.4. The van der Waals surface area contributed by atoms with Crippen molar-refractivity contribution in [2.24, 2.45) is 0 Å². The summed E-state index contributed by atoms with van der Waals surface area (Å²) in [5.41, 5.74) is 0.775. The fraction of sp³-hybridized carbons (Fsp3) is 0.300. The Morgan fingerprint density at radius 1 is 1.40 bits per heavy atom. The minimum atomic E-state index is -0.395. The van der Waals surface area contributed by atoms with Crippen molar-refractivity contribution in [2.75, 3.05) is 20.3 Å². The molecule has 0 aromatic heterocycles. The van der Waals surface area contributed by atoms with E-state index in [1.54, 1.807) is 13.2 Å². The summed E-state index contributed by atoms with van der Waals surface area (Å²) >= 11 is 0. The highest BCUT2D eigenvalue weighted by atomic mass is 16.5. The second-order valence-electron chi connectivity index (χ2n) is 5.92. The number of nitrogens with zero attached hydrogens (tertiary/aromatic N) is 1. The van der Waals surface area contributed by atoms with E-state index in [-0.39, 0.29) is 11.7 Å². The molecule has 25 heavy (non-hydrogen) atoms. The largest absolute Gasteiger partial charge is 0.496 e. The first-order valence-electron chi connectivity index (χ1n) is 8.30. The number of benzene rings is 2. The Hall–Kier alpha value is -2.84. The molecule has 1 aliphatic rings. The van der Waals surface area contributed by atoms with Gasteiger partial charge in [-0.15, -0.1) is 0 Å². The van der Waals surface area contributed by atoms with Crippen LogP contribution in [0.25, 0.3) is 16.8 Å². The average Bonchev–Trinajstić information content (AvgIpc) is 3.17. The molecule has 3 rings (SSSR count). The quantitative estimate of drug-likeness (QED) is 0.673. The van der Waals surface area contributed by atoms with E-state index in [4.69, 9.17) is 9.47 Å². The lowest BCUT2D eigenvalue weighted by Gasteiger charge is -2.11. The molecule has 0 spiro atoms. The second kappa shape index (κ2) is 7.82. The molecule has 5 nitrogen and oxygen atoms in total. The Morgan fingerprint density at radius 2 is 2.24 bits per heavy atom. The van der Waals surface area contributed by atoms with Gasteiger partial charge in [-0.05, 0) is 35.8 Å². The Kier molecular flexibility index (Phi) is 5.32. The lowest BCUT2D eigenvalue weighted by molar-refractivity contribution is -0.117. The minimum Gasteiger partial charge on any atom is -0.496 e. The molecular formula is C20H20N2O3. The van der Waals surface area contributed by atoms with Crippen LogP contribution in [-0.2, 0) is 9.53 Å². The van der Waals surface area contributed by atoms with Gasteiger partial charge in [0.15, 0.2) is 0 Å². The number of fused-ring (bicyclic) bond motifs is 1. The second-order valence-corrected chi connectivity index (χ2v) is 5.92. The molecule has 1 fully saturated rings. The van der Waals surface area contributed by atoms with Crippen LogP contribution in [0.15, 0.2) is 42.0 Å². The average molecular weight is 336 g/mol. The molecule has 128 valence electrons. The molecule has 0 saturated carbocycles. The molecule has 2 aromatic carbocycles. The lowest BCUT2D eigenvalue weighted by Crippen LogP contribution is -2.32. The van der Waals surface area contributed by atoms with Crippen molar-refractivity contribution < 1.29 is 14.3 Å². The predicted molar refractivity (Wildman–Crippen MR) is 96.1 cm³/mol. The summed E-state index contributed by atoms with van der Waals surface area (Å²) in [5.74, 6) is 0.228. The van der Waals surface area contributed by atoms with Crippen molar-refractivity contribution in [3.63, 3.8) is 0 Å². The van der Waals surface area contributed by atoms with Crippen LogP contribution in [0.3, 0.4) is 0 Å². The van der Waals surface area contributed by atoms with Crippen LogP contribution in [0.5, 0.6) is 5.75 Å². The first kappa shape index (κ1) is 17.0. The van der Waals surface area contributed by atoms with E-state index in [0.717, 1.165) is 35.8 Å². The maximum atomic E-state index is 12.4. The molecule has 0 radical (unpaired) electrons. The first-order valence-corrected chi connectivity index (χ1v) is 8.30. The topological polar surface area (TPSA) is 71.3 Å². The molecule has 1 heterocycles. The summed E-state index contributed by atoms with van der Waals surface area (Å²) in [6.45, 7) is 1.15. The lowest BCUT2D eigenvalue weighted by atomic mass is 10.0. The van der Waals surface area contributed by atoms with Gasteiger partial charge in [0.05, 0.1) is 13.2 Å². The summed E-state index contributed by atoms with van der Waals surface area (Å²) in [5, 5.41) is 14.2. The summed E-state index contributed by atoms with van der Waals surface area (Å²) in [6, 6.07) is 13.6. The number of methoxy groups -OCH3 is 1.